The van der Waals surface area contributed by atoms with E-state index in [1.807, 2.05) is 30.5 Å². The van der Waals surface area contributed by atoms with Crippen molar-refractivity contribution in [1.29, 1.82) is 0 Å². The number of carbonyl (C=O) groups excluding carboxylic acids is 1. The first-order valence-electron chi connectivity index (χ1n) is 9.52. The molecule has 32 heavy (non-hydrogen) atoms. The molecule has 162 valence electrons. The normalized spacial score (nSPS) is 11.2. The molecule has 3 aromatic carbocycles. The SMILES string of the molecule is Cc1cccc(NS(=O)(=O)c2ccc(Cl)c(C(=O)Nc3ccc(-c4nccs4)cc3)c2)c1. The molecule has 0 aliphatic carbocycles. The largest absolute Gasteiger partial charge is 0.322 e. The van der Waals surface area contributed by atoms with E-state index in [4.69, 9.17) is 11.6 Å². The van der Waals surface area contributed by atoms with Crippen LogP contribution in [0.5, 0.6) is 0 Å². The van der Waals surface area contributed by atoms with Gasteiger partial charge in [-0.05, 0) is 67.1 Å². The van der Waals surface area contributed by atoms with E-state index >= 15 is 0 Å². The maximum Gasteiger partial charge on any atom is 0.261 e. The van der Waals surface area contributed by atoms with Crippen LogP contribution in [0, 0.1) is 6.92 Å². The summed E-state index contributed by atoms with van der Waals surface area (Å²) in [6.45, 7) is 1.87. The van der Waals surface area contributed by atoms with Gasteiger partial charge in [-0.3, -0.25) is 9.52 Å². The molecule has 0 saturated heterocycles. The number of halogens is 1. The summed E-state index contributed by atoms with van der Waals surface area (Å²) in [4.78, 5) is 17.0. The molecule has 4 aromatic rings. The standard InChI is InChI=1S/C23H18ClN3O3S2/c1-15-3-2-4-18(13-15)27-32(29,30)19-9-10-21(24)20(14-19)22(28)26-17-7-5-16(6-8-17)23-25-11-12-31-23/h2-14,27H,1H3,(H,26,28). The zero-order valence-corrected chi connectivity index (χ0v) is 19.3. The zero-order chi connectivity index (χ0) is 22.7. The van der Waals surface area contributed by atoms with E-state index in [0.717, 1.165) is 16.1 Å². The number of aromatic nitrogens is 1. The lowest BCUT2D eigenvalue weighted by atomic mass is 10.2. The molecule has 4 rings (SSSR count). The molecule has 0 spiro atoms. The Balaban J connectivity index is 1.54. The molecule has 1 heterocycles. The minimum Gasteiger partial charge on any atom is -0.322 e. The molecular weight excluding hydrogens is 466 g/mol. The van der Waals surface area contributed by atoms with Crippen LogP contribution >= 0.6 is 22.9 Å². The Morgan fingerprint density at radius 2 is 1.78 bits per heavy atom. The Labute approximate surface area is 195 Å². The lowest BCUT2D eigenvalue weighted by molar-refractivity contribution is 0.102. The van der Waals surface area contributed by atoms with Crippen molar-refractivity contribution in [3.05, 3.63) is 94.5 Å². The molecule has 0 aliphatic rings. The van der Waals surface area contributed by atoms with Gasteiger partial charge in [0.2, 0.25) is 0 Å². The van der Waals surface area contributed by atoms with Gasteiger partial charge in [-0.1, -0.05) is 23.7 Å². The third-order valence-electron chi connectivity index (χ3n) is 4.59. The van der Waals surface area contributed by atoms with Crippen molar-refractivity contribution in [3.8, 4) is 10.6 Å². The molecule has 0 fully saturated rings. The van der Waals surface area contributed by atoms with Crippen molar-refractivity contribution in [2.75, 3.05) is 10.0 Å². The molecule has 0 radical (unpaired) electrons. The maximum atomic E-state index is 12.8. The average molecular weight is 484 g/mol. The van der Waals surface area contributed by atoms with Crippen molar-refractivity contribution >= 4 is 50.2 Å². The quantitative estimate of drug-likeness (QED) is 0.361. The van der Waals surface area contributed by atoms with Crippen LogP contribution in [0.25, 0.3) is 10.6 Å². The summed E-state index contributed by atoms with van der Waals surface area (Å²) in [5.41, 5.74) is 2.90. The third-order valence-corrected chi connectivity index (χ3v) is 7.12. The second-order valence-electron chi connectivity index (χ2n) is 6.99. The van der Waals surface area contributed by atoms with Gasteiger partial charge in [-0.2, -0.15) is 0 Å². The first kappa shape index (κ1) is 22.0. The predicted molar refractivity (Wildman–Crippen MR) is 129 cm³/mol. The highest BCUT2D eigenvalue weighted by Gasteiger charge is 2.19. The smallest absolute Gasteiger partial charge is 0.261 e. The topological polar surface area (TPSA) is 88.2 Å². The number of hydrogen-bond acceptors (Lipinski definition) is 5. The third kappa shape index (κ3) is 4.99. The number of carbonyl (C=O) groups is 1. The molecule has 0 bridgehead atoms. The summed E-state index contributed by atoms with van der Waals surface area (Å²) < 4.78 is 28.2. The number of benzene rings is 3. The summed E-state index contributed by atoms with van der Waals surface area (Å²) >= 11 is 7.72. The first-order chi connectivity index (χ1) is 15.3. The minimum atomic E-state index is -3.90. The van der Waals surface area contributed by atoms with Crippen molar-refractivity contribution in [1.82, 2.24) is 4.98 Å². The van der Waals surface area contributed by atoms with Crippen LogP contribution in [0.2, 0.25) is 5.02 Å². The summed E-state index contributed by atoms with van der Waals surface area (Å²) in [5, 5.41) is 5.67. The zero-order valence-electron chi connectivity index (χ0n) is 16.9. The monoisotopic (exact) mass is 483 g/mol. The van der Waals surface area contributed by atoms with Gasteiger partial charge in [0, 0.05) is 28.5 Å². The number of nitrogens with one attached hydrogen (secondary N) is 2. The van der Waals surface area contributed by atoms with Gasteiger partial charge >= 0.3 is 0 Å². The molecule has 6 nitrogen and oxygen atoms in total. The number of hydrogen-bond donors (Lipinski definition) is 2. The molecule has 0 atom stereocenters. The van der Waals surface area contributed by atoms with Gasteiger partial charge in [0.25, 0.3) is 15.9 Å². The number of anilines is 2. The number of nitrogens with zero attached hydrogens (tertiary/aromatic N) is 1. The van der Waals surface area contributed by atoms with Crippen LogP contribution in [0.4, 0.5) is 11.4 Å². The van der Waals surface area contributed by atoms with Crippen molar-refractivity contribution < 1.29 is 13.2 Å². The van der Waals surface area contributed by atoms with Crippen molar-refractivity contribution in [2.45, 2.75) is 11.8 Å². The highest BCUT2D eigenvalue weighted by Crippen LogP contribution is 2.26. The van der Waals surface area contributed by atoms with E-state index in [0.29, 0.717) is 11.4 Å². The number of amides is 1. The average Bonchev–Trinajstić information content (AvgIpc) is 3.29. The molecule has 1 aromatic heterocycles. The number of aryl methyl sites for hydroxylation is 1. The van der Waals surface area contributed by atoms with Crippen LogP contribution in [0.1, 0.15) is 15.9 Å². The molecule has 0 saturated carbocycles. The highest BCUT2D eigenvalue weighted by atomic mass is 35.5. The van der Waals surface area contributed by atoms with E-state index in [9.17, 15) is 13.2 Å². The molecule has 9 heteroatoms. The number of sulfonamides is 1. The van der Waals surface area contributed by atoms with Crippen LogP contribution in [-0.4, -0.2) is 19.3 Å². The highest BCUT2D eigenvalue weighted by molar-refractivity contribution is 7.92. The predicted octanol–water partition coefficient (Wildman–Crippen LogP) is 5.83. The molecular formula is C23H18ClN3O3S2. The molecule has 2 N–H and O–H groups in total. The summed E-state index contributed by atoms with van der Waals surface area (Å²) in [6.07, 6.45) is 1.73. The molecule has 0 aliphatic heterocycles. The van der Waals surface area contributed by atoms with Gasteiger partial charge in [-0.15, -0.1) is 11.3 Å². The van der Waals surface area contributed by atoms with Gasteiger partial charge < -0.3 is 5.32 Å². The minimum absolute atomic E-state index is 0.0581. The second-order valence-corrected chi connectivity index (χ2v) is 9.97. The van der Waals surface area contributed by atoms with Crippen LogP contribution < -0.4 is 10.0 Å². The Kier molecular flexibility index (Phi) is 6.27. The lowest BCUT2D eigenvalue weighted by Crippen LogP contribution is -2.16. The Bertz CT molecular complexity index is 1370. The second kappa shape index (κ2) is 9.12. The van der Waals surface area contributed by atoms with E-state index < -0.39 is 15.9 Å². The van der Waals surface area contributed by atoms with Gasteiger partial charge in [0.1, 0.15) is 5.01 Å². The van der Waals surface area contributed by atoms with E-state index in [1.54, 1.807) is 36.5 Å². The van der Waals surface area contributed by atoms with E-state index in [-0.39, 0.29) is 15.5 Å². The van der Waals surface area contributed by atoms with Crippen LogP contribution in [-0.2, 0) is 10.0 Å². The number of thiazole rings is 1. The van der Waals surface area contributed by atoms with Crippen LogP contribution in [0.3, 0.4) is 0 Å². The van der Waals surface area contributed by atoms with Crippen molar-refractivity contribution in [2.24, 2.45) is 0 Å². The fraction of sp³-hybridized carbons (Fsp3) is 0.0435. The summed E-state index contributed by atoms with van der Waals surface area (Å²) in [5.74, 6) is -0.510. The maximum absolute atomic E-state index is 12.8. The summed E-state index contributed by atoms with van der Waals surface area (Å²) in [6, 6.07) is 18.2. The molecule has 1 amide bonds. The van der Waals surface area contributed by atoms with Gasteiger partial charge in [0.05, 0.1) is 15.5 Å². The van der Waals surface area contributed by atoms with Gasteiger partial charge in [-0.25, -0.2) is 13.4 Å². The summed E-state index contributed by atoms with van der Waals surface area (Å²) in [7, 11) is -3.90. The van der Waals surface area contributed by atoms with Gasteiger partial charge in [0.15, 0.2) is 0 Å². The van der Waals surface area contributed by atoms with E-state index in [2.05, 4.69) is 15.0 Å². The Morgan fingerprint density at radius 3 is 2.47 bits per heavy atom. The lowest BCUT2D eigenvalue weighted by Gasteiger charge is -2.12. The Morgan fingerprint density at radius 1 is 1.00 bits per heavy atom. The Hall–Kier alpha value is -3.20. The van der Waals surface area contributed by atoms with Crippen molar-refractivity contribution in [3.63, 3.8) is 0 Å². The molecule has 0 unspecified atom stereocenters. The van der Waals surface area contributed by atoms with Crippen LogP contribution in [0.15, 0.2) is 83.2 Å². The fourth-order valence-electron chi connectivity index (χ4n) is 3.03. The van der Waals surface area contributed by atoms with E-state index in [1.165, 1.54) is 29.5 Å². The number of rotatable bonds is 6. The fourth-order valence-corrected chi connectivity index (χ4v) is 4.95. The first-order valence-corrected chi connectivity index (χ1v) is 12.3.